The van der Waals surface area contributed by atoms with Crippen LogP contribution in [0.1, 0.15) is 17.3 Å². The van der Waals surface area contributed by atoms with Crippen molar-refractivity contribution in [3.05, 3.63) is 59.0 Å². The second-order valence-corrected chi connectivity index (χ2v) is 4.85. The molecule has 0 spiro atoms. The highest BCUT2D eigenvalue weighted by Crippen LogP contribution is 2.11. The Bertz CT molecular complexity index is 691. The first-order valence-corrected chi connectivity index (χ1v) is 6.72. The molecular weight excluding hydrogens is 311 g/mol. The fourth-order valence-corrected chi connectivity index (χ4v) is 1.69. The highest BCUT2D eigenvalue weighted by Gasteiger charge is 2.19. The second-order valence-electron chi connectivity index (χ2n) is 4.41. The van der Waals surface area contributed by atoms with Crippen molar-refractivity contribution in [3.8, 4) is 0 Å². The Morgan fingerprint density at radius 2 is 2.09 bits per heavy atom. The van der Waals surface area contributed by atoms with E-state index >= 15 is 0 Å². The molecule has 1 N–H and O–H groups in total. The molecule has 114 valence electrons. The van der Waals surface area contributed by atoms with Crippen molar-refractivity contribution in [3.63, 3.8) is 0 Å². The number of pyridine rings is 1. The van der Waals surface area contributed by atoms with E-state index in [0.29, 0.717) is 5.02 Å². The van der Waals surface area contributed by atoms with Crippen LogP contribution in [0.3, 0.4) is 0 Å². The van der Waals surface area contributed by atoms with Crippen LogP contribution in [-0.2, 0) is 9.53 Å². The van der Waals surface area contributed by atoms with Crippen LogP contribution < -0.4 is 5.32 Å². The zero-order valence-electron chi connectivity index (χ0n) is 11.5. The van der Waals surface area contributed by atoms with Crippen molar-refractivity contribution < 1.29 is 18.7 Å². The summed E-state index contributed by atoms with van der Waals surface area (Å²) in [5, 5.41) is 2.91. The van der Waals surface area contributed by atoms with E-state index in [2.05, 4.69) is 10.3 Å². The number of esters is 1. The number of aromatic nitrogens is 1. The van der Waals surface area contributed by atoms with Gasteiger partial charge in [-0.15, -0.1) is 0 Å². The quantitative estimate of drug-likeness (QED) is 0.878. The minimum absolute atomic E-state index is 0.0317. The smallest absolute Gasteiger partial charge is 0.339 e. The first kappa shape index (κ1) is 15.9. The number of rotatable bonds is 4. The Labute approximate surface area is 131 Å². The maximum absolute atomic E-state index is 13.0. The summed E-state index contributed by atoms with van der Waals surface area (Å²) in [6.07, 6.45) is 0.314. The molecule has 0 radical (unpaired) electrons. The number of ether oxygens (including phenoxy) is 1. The van der Waals surface area contributed by atoms with E-state index in [1.54, 1.807) is 6.07 Å². The molecule has 22 heavy (non-hydrogen) atoms. The van der Waals surface area contributed by atoms with Crippen LogP contribution in [0, 0.1) is 5.82 Å². The van der Waals surface area contributed by atoms with Gasteiger partial charge in [-0.25, -0.2) is 14.2 Å². The van der Waals surface area contributed by atoms with Crippen molar-refractivity contribution in [2.45, 2.75) is 13.0 Å². The van der Waals surface area contributed by atoms with Crippen LogP contribution in [0.2, 0.25) is 5.02 Å². The number of amides is 1. The zero-order chi connectivity index (χ0) is 16.1. The second kappa shape index (κ2) is 7.00. The summed E-state index contributed by atoms with van der Waals surface area (Å²) >= 11 is 5.69. The summed E-state index contributed by atoms with van der Waals surface area (Å²) in [6.45, 7) is 1.41. The largest absolute Gasteiger partial charge is 0.449 e. The third-order valence-electron chi connectivity index (χ3n) is 2.69. The Balaban J connectivity index is 1.96. The fourth-order valence-electron chi connectivity index (χ4n) is 1.58. The lowest BCUT2D eigenvalue weighted by atomic mass is 10.2. The topological polar surface area (TPSA) is 68.3 Å². The minimum Gasteiger partial charge on any atom is -0.449 e. The number of halogens is 2. The molecule has 1 heterocycles. The van der Waals surface area contributed by atoms with Gasteiger partial charge in [-0.3, -0.25) is 4.79 Å². The van der Waals surface area contributed by atoms with Crippen molar-refractivity contribution >= 4 is 29.3 Å². The van der Waals surface area contributed by atoms with Crippen LogP contribution in [0.4, 0.5) is 10.2 Å². The molecular formula is C15H12ClFN2O3. The average molecular weight is 323 g/mol. The molecule has 1 aromatic carbocycles. The van der Waals surface area contributed by atoms with E-state index in [9.17, 15) is 14.0 Å². The van der Waals surface area contributed by atoms with Crippen molar-refractivity contribution in [2.75, 3.05) is 5.32 Å². The van der Waals surface area contributed by atoms with Gasteiger partial charge in [-0.2, -0.15) is 0 Å². The Hall–Kier alpha value is -2.47. The van der Waals surface area contributed by atoms with Gasteiger partial charge in [0.15, 0.2) is 6.10 Å². The first-order valence-electron chi connectivity index (χ1n) is 6.34. The molecule has 0 aliphatic rings. The van der Waals surface area contributed by atoms with Gasteiger partial charge >= 0.3 is 5.97 Å². The molecule has 0 saturated carbocycles. The number of nitrogens with zero attached hydrogens (tertiary/aromatic N) is 1. The predicted octanol–water partition coefficient (Wildman–Crippen LogP) is 3.06. The van der Waals surface area contributed by atoms with Crippen LogP contribution in [0.5, 0.6) is 0 Å². The van der Waals surface area contributed by atoms with E-state index in [1.165, 1.54) is 37.4 Å². The highest BCUT2D eigenvalue weighted by atomic mass is 35.5. The van der Waals surface area contributed by atoms with Crippen molar-refractivity contribution in [2.24, 2.45) is 0 Å². The standard InChI is InChI=1S/C15H12ClFN2O3/c1-9(14(20)19-13-6-5-11(16)8-18-13)22-15(21)10-3-2-4-12(17)7-10/h2-9H,1H3,(H,18,19,20)/t9-/m1/s1. The number of hydrogen-bond donors (Lipinski definition) is 1. The zero-order valence-corrected chi connectivity index (χ0v) is 12.3. The normalized spacial score (nSPS) is 11.6. The summed E-state index contributed by atoms with van der Waals surface area (Å²) in [5.41, 5.74) is 0.0317. The van der Waals surface area contributed by atoms with Crippen LogP contribution >= 0.6 is 11.6 Å². The van der Waals surface area contributed by atoms with Gasteiger partial charge in [0, 0.05) is 6.20 Å². The lowest BCUT2D eigenvalue weighted by Gasteiger charge is -2.13. The molecule has 0 saturated heterocycles. The van der Waals surface area contributed by atoms with E-state index in [1.807, 2.05) is 0 Å². The Morgan fingerprint density at radius 1 is 1.32 bits per heavy atom. The number of nitrogens with one attached hydrogen (secondary N) is 1. The highest BCUT2D eigenvalue weighted by molar-refractivity contribution is 6.30. The van der Waals surface area contributed by atoms with E-state index < -0.39 is 23.8 Å². The van der Waals surface area contributed by atoms with Crippen molar-refractivity contribution in [1.82, 2.24) is 4.98 Å². The summed E-state index contributed by atoms with van der Waals surface area (Å²) in [5.74, 6) is -1.62. The lowest BCUT2D eigenvalue weighted by Crippen LogP contribution is -2.30. The molecule has 7 heteroatoms. The third kappa shape index (κ3) is 4.26. The molecule has 0 aliphatic carbocycles. The Kier molecular flexibility index (Phi) is 5.06. The number of carbonyl (C=O) groups excluding carboxylic acids is 2. The fraction of sp³-hybridized carbons (Fsp3) is 0.133. The van der Waals surface area contributed by atoms with Crippen LogP contribution in [0.25, 0.3) is 0 Å². The van der Waals surface area contributed by atoms with Gasteiger partial charge in [-0.1, -0.05) is 17.7 Å². The summed E-state index contributed by atoms with van der Waals surface area (Å²) in [6, 6.07) is 8.10. The van der Waals surface area contributed by atoms with E-state index in [-0.39, 0.29) is 11.4 Å². The number of carbonyl (C=O) groups is 2. The maximum Gasteiger partial charge on any atom is 0.339 e. The molecule has 0 bridgehead atoms. The van der Waals surface area contributed by atoms with Crippen LogP contribution in [0.15, 0.2) is 42.6 Å². The molecule has 0 unspecified atom stereocenters. The van der Waals surface area contributed by atoms with Gasteiger partial charge in [0.25, 0.3) is 5.91 Å². The van der Waals surface area contributed by atoms with Crippen LogP contribution in [-0.4, -0.2) is 23.0 Å². The molecule has 1 aromatic heterocycles. The lowest BCUT2D eigenvalue weighted by molar-refractivity contribution is -0.123. The third-order valence-corrected chi connectivity index (χ3v) is 2.92. The van der Waals surface area contributed by atoms with Gasteiger partial charge < -0.3 is 10.1 Å². The molecule has 2 rings (SSSR count). The number of hydrogen-bond acceptors (Lipinski definition) is 4. The van der Waals surface area contributed by atoms with E-state index in [4.69, 9.17) is 16.3 Å². The molecule has 2 aromatic rings. The van der Waals surface area contributed by atoms with Crippen molar-refractivity contribution in [1.29, 1.82) is 0 Å². The van der Waals surface area contributed by atoms with Gasteiger partial charge in [0.2, 0.25) is 0 Å². The summed E-state index contributed by atoms with van der Waals surface area (Å²) < 4.78 is 18.0. The summed E-state index contributed by atoms with van der Waals surface area (Å²) in [4.78, 5) is 27.6. The predicted molar refractivity (Wildman–Crippen MR) is 79.2 cm³/mol. The average Bonchev–Trinajstić information content (AvgIpc) is 2.49. The molecule has 5 nitrogen and oxygen atoms in total. The SMILES string of the molecule is C[C@@H](OC(=O)c1cccc(F)c1)C(=O)Nc1ccc(Cl)cn1. The molecule has 0 aliphatic heterocycles. The molecule has 1 amide bonds. The molecule has 1 atom stereocenters. The van der Waals surface area contributed by atoms with E-state index in [0.717, 1.165) is 6.07 Å². The molecule has 0 fully saturated rings. The van der Waals surface area contributed by atoms with Gasteiger partial charge in [0.1, 0.15) is 11.6 Å². The first-order chi connectivity index (χ1) is 10.5. The van der Waals surface area contributed by atoms with Gasteiger partial charge in [0.05, 0.1) is 10.6 Å². The maximum atomic E-state index is 13.0. The summed E-state index contributed by atoms with van der Waals surface area (Å²) in [7, 11) is 0. The number of benzene rings is 1. The Morgan fingerprint density at radius 3 is 2.73 bits per heavy atom. The number of anilines is 1. The van der Waals surface area contributed by atoms with Gasteiger partial charge in [-0.05, 0) is 37.3 Å². The monoisotopic (exact) mass is 322 g/mol. The minimum atomic E-state index is -1.06.